The van der Waals surface area contributed by atoms with Gasteiger partial charge in [-0.15, -0.1) is 0 Å². The third-order valence-electron chi connectivity index (χ3n) is 5.41. The molecule has 0 aliphatic carbocycles. The first-order valence-corrected chi connectivity index (χ1v) is 8.20. The Kier molecular flexibility index (Phi) is 3.08. The van der Waals surface area contributed by atoms with E-state index in [9.17, 15) is 0 Å². The Morgan fingerprint density at radius 1 is 0.652 bits per heavy atom. The van der Waals surface area contributed by atoms with Crippen LogP contribution in [-0.2, 0) is 6.42 Å². The van der Waals surface area contributed by atoms with Crippen molar-refractivity contribution >= 4 is 11.0 Å². The highest BCUT2D eigenvalue weighted by Crippen LogP contribution is 2.30. The summed E-state index contributed by atoms with van der Waals surface area (Å²) in [7, 11) is 0. The normalized spacial score (nSPS) is 11.7. The van der Waals surface area contributed by atoms with Crippen molar-refractivity contribution in [1.29, 1.82) is 0 Å². The van der Waals surface area contributed by atoms with Crippen LogP contribution in [0.4, 0.5) is 0 Å². The van der Waals surface area contributed by atoms with E-state index in [4.69, 9.17) is 0 Å². The molecule has 0 saturated heterocycles. The molecule has 0 N–H and O–H groups in total. The smallest absolute Gasteiger partial charge is 0.0490 e. The van der Waals surface area contributed by atoms with Crippen molar-refractivity contribution in [2.24, 2.45) is 0 Å². The maximum atomic E-state index is 2.31. The van der Waals surface area contributed by atoms with E-state index in [2.05, 4.69) is 85.3 Å². The summed E-state index contributed by atoms with van der Waals surface area (Å²) in [5, 5.41) is 0. The summed E-state index contributed by atoms with van der Waals surface area (Å²) >= 11 is 0. The number of hydrogen-bond acceptors (Lipinski definition) is 0. The molecule has 0 radical (unpaired) electrons. The number of hydrogen-bond donors (Lipinski definition) is 0. The van der Waals surface area contributed by atoms with Crippen LogP contribution >= 0.6 is 0 Å². The number of pyridine rings is 2. The summed E-state index contributed by atoms with van der Waals surface area (Å²) in [5.41, 5.74) is 11.0. The van der Waals surface area contributed by atoms with Gasteiger partial charge in [-0.1, -0.05) is 12.1 Å². The SMILES string of the molecule is Cc1c(Cc2c(C)c(C)n3ccccc23)c2ccccn2c1C. The molecule has 0 spiro atoms. The average molecular weight is 302 g/mol. The number of aromatic nitrogens is 2. The van der Waals surface area contributed by atoms with Gasteiger partial charge >= 0.3 is 0 Å². The van der Waals surface area contributed by atoms with E-state index >= 15 is 0 Å². The van der Waals surface area contributed by atoms with Gasteiger partial charge in [0.15, 0.2) is 0 Å². The lowest BCUT2D eigenvalue weighted by atomic mass is 9.99. The fourth-order valence-corrected chi connectivity index (χ4v) is 3.77. The number of rotatable bonds is 2. The zero-order chi connectivity index (χ0) is 16.1. The van der Waals surface area contributed by atoms with Crippen LogP contribution in [0.3, 0.4) is 0 Å². The molecule has 0 aliphatic rings. The molecule has 0 saturated carbocycles. The van der Waals surface area contributed by atoms with Crippen LogP contribution in [0.5, 0.6) is 0 Å². The zero-order valence-corrected chi connectivity index (χ0v) is 14.2. The molecule has 2 nitrogen and oxygen atoms in total. The third-order valence-corrected chi connectivity index (χ3v) is 5.41. The molecular weight excluding hydrogens is 280 g/mol. The fraction of sp³-hybridized carbons (Fsp3) is 0.238. The first-order valence-electron chi connectivity index (χ1n) is 8.20. The molecule has 0 bridgehead atoms. The van der Waals surface area contributed by atoms with Gasteiger partial charge in [0, 0.05) is 41.2 Å². The Labute approximate surface area is 137 Å². The molecule has 0 fully saturated rings. The van der Waals surface area contributed by atoms with Crippen LogP contribution < -0.4 is 0 Å². The van der Waals surface area contributed by atoms with E-state index in [1.54, 1.807) is 0 Å². The Morgan fingerprint density at radius 3 is 1.52 bits per heavy atom. The quantitative estimate of drug-likeness (QED) is 0.492. The summed E-state index contributed by atoms with van der Waals surface area (Å²) in [4.78, 5) is 0. The van der Waals surface area contributed by atoms with Gasteiger partial charge in [0.25, 0.3) is 0 Å². The van der Waals surface area contributed by atoms with Crippen LogP contribution in [0.25, 0.3) is 11.0 Å². The third kappa shape index (κ3) is 1.94. The van der Waals surface area contributed by atoms with Crippen molar-refractivity contribution in [2.45, 2.75) is 34.1 Å². The minimum Gasteiger partial charge on any atom is -0.321 e. The lowest BCUT2D eigenvalue weighted by Crippen LogP contribution is -1.92. The zero-order valence-electron chi connectivity index (χ0n) is 14.2. The van der Waals surface area contributed by atoms with Gasteiger partial charge in [0.05, 0.1) is 0 Å². The Morgan fingerprint density at radius 2 is 1.09 bits per heavy atom. The van der Waals surface area contributed by atoms with Gasteiger partial charge in [-0.2, -0.15) is 0 Å². The predicted molar refractivity (Wildman–Crippen MR) is 96.5 cm³/mol. The van der Waals surface area contributed by atoms with E-state index in [0.29, 0.717) is 0 Å². The maximum absolute atomic E-state index is 2.31. The predicted octanol–water partition coefficient (Wildman–Crippen LogP) is 5.02. The molecule has 0 aliphatic heterocycles. The Hall–Kier alpha value is -2.48. The Balaban J connectivity index is 1.96. The molecule has 2 heteroatoms. The van der Waals surface area contributed by atoms with Crippen LogP contribution in [-0.4, -0.2) is 8.80 Å². The van der Waals surface area contributed by atoms with E-state index in [-0.39, 0.29) is 0 Å². The van der Waals surface area contributed by atoms with Gasteiger partial charge < -0.3 is 8.80 Å². The highest BCUT2D eigenvalue weighted by atomic mass is 14.9. The first kappa shape index (κ1) is 14.1. The monoisotopic (exact) mass is 302 g/mol. The minimum absolute atomic E-state index is 0.986. The number of nitrogens with zero attached hydrogens (tertiary/aromatic N) is 2. The van der Waals surface area contributed by atoms with Crippen molar-refractivity contribution in [3.8, 4) is 0 Å². The lowest BCUT2D eigenvalue weighted by molar-refractivity contribution is 1.09. The van der Waals surface area contributed by atoms with Crippen molar-refractivity contribution in [2.75, 3.05) is 0 Å². The summed E-state index contributed by atoms with van der Waals surface area (Å²) in [6, 6.07) is 12.9. The number of aryl methyl sites for hydroxylation is 2. The topological polar surface area (TPSA) is 8.82 Å². The molecular formula is C21H22N2. The second kappa shape index (κ2) is 5.02. The van der Waals surface area contributed by atoms with Crippen molar-refractivity contribution in [3.05, 3.63) is 82.4 Å². The molecule has 116 valence electrons. The highest BCUT2D eigenvalue weighted by Gasteiger charge is 2.17. The standard InChI is InChI=1S/C21H22N2/c1-14-16(3)22-11-7-5-9-20(22)18(14)13-19-15(2)17(4)23-12-8-6-10-21(19)23/h5-12H,13H2,1-4H3. The van der Waals surface area contributed by atoms with Gasteiger partial charge in [-0.25, -0.2) is 0 Å². The summed E-state index contributed by atoms with van der Waals surface area (Å²) in [5.74, 6) is 0. The molecule has 23 heavy (non-hydrogen) atoms. The van der Waals surface area contributed by atoms with E-state index in [0.717, 1.165) is 6.42 Å². The average Bonchev–Trinajstić information content (AvgIpc) is 2.97. The first-order chi connectivity index (χ1) is 11.1. The molecule has 4 rings (SSSR count). The van der Waals surface area contributed by atoms with Crippen LogP contribution in [0.15, 0.2) is 48.8 Å². The molecule has 0 aromatic carbocycles. The fourth-order valence-electron chi connectivity index (χ4n) is 3.77. The maximum Gasteiger partial charge on any atom is 0.0490 e. The van der Waals surface area contributed by atoms with Crippen LogP contribution in [0.1, 0.15) is 33.6 Å². The Bertz CT molecular complexity index is 947. The van der Waals surface area contributed by atoms with Crippen LogP contribution in [0.2, 0.25) is 0 Å². The van der Waals surface area contributed by atoms with Crippen LogP contribution in [0, 0.1) is 27.7 Å². The van der Waals surface area contributed by atoms with Gasteiger partial charge in [-0.05, 0) is 74.2 Å². The largest absolute Gasteiger partial charge is 0.321 e. The van der Waals surface area contributed by atoms with Gasteiger partial charge in [0.2, 0.25) is 0 Å². The van der Waals surface area contributed by atoms with Gasteiger partial charge in [0.1, 0.15) is 0 Å². The summed E-state index contributed by atoms with van der Waals surface area (Å²) in [6.07, 6.45) is 5.31. The molecule has 4 heterocycles. The highest BCUT2D eigenvalue weighted by molar-refractivity contribution is 5.68. The van der Waals surface area contributed by atoms with E-state index in [1.165, 1.54) is 44.7 Å². The molecule has 4 aromatic rings. The molecule has 0 unspecified atom stereocenters. The molecule has 0 amide bonds. The molecule has 4 aromatic heterocycles. The minimum atomic E-state index is 0.986. The van der Waals surface area contributed by atoms with Crippen molar-refractivity contribution in [3.63, 3.8) is 0 Å². The van der Waals surface area contributed by atoms with E-state index < -0.39 is 0 Å². The van der Waals surface area contributed by atoms with Crippen molar-refractivity contribution < 1.29 is 0 Å². The summed E-state index contributed by atoms with van der Waals surface area (Å²) < 4.78 is 4.62. The van der Waals surface area contributed by atoms with E-state index in [1.807, 2.05) is 0 Å². The molecule has 0 atom stereocenters. The second-order valence-electron chi connectivity index (χ2n) is 6.47. The number of fused-ring (bicyclic) bond motifs is 2. The summed E-state index contributed by atoms with van der Waals surface area (Å²) in [6.45, 7) is 8.92. The van der Waals surface area contributed by atoms with Gasteiger partial charge in [-0.3, -0.25) is 0 Å². The second-order valence-corrected chi connectivity index (χ2v) is 6.47. The van der Waals surface area contributed by atoms with Crippen molar-refractivity contribution in [1.82, 2.24) is 8.80 Å². The lowest BCUT2D eigenvalue weighted by Gasteiger charge is -2.04.